The van der Waals surface area contributed by atoms with Crippen LogP contribution in [0, 0.1) is 11.7 Å². The van der Waals surface area contributed by atoms with E-state index in [-0.39, 0.29) is 0 Å². The zero-order valence-corrected chi connectivity index (χ0v) is 8.91. The number of hydrogen-bond donors (Lipinski definition) is 1. The second kappa shape index (κ2) is 4.18. The van der Waals surface area contributed by atoms with E-state index in [1.807, 2.05) is 31.2 Å². The van der Waals surface area contributed by atoms with Crippen molar-refractivity contribution in [1.29, 1.82) is 0 Å². The van der Waals surface area contributed by atoms with Crippen LogP contribution in [-0.2, 0) is 0 Å². The molecule has 4 nitrogen and oxygen atoms in total. The summed E-state index contributed by atoms with van der Waals surface area (Å²) in [5.41, 5.74) is 1.54. The fourth-order valence-corrected chi connectivity index (χ4v) is 1.25. The van der Waals surface area contributed by atoms with E-state index in [1.54, 1.807) is 6.26 Å². The van der Waals surface area contributed by atoms with E-state index in [9.17, 15) is 0 Å². The number of rotatable bonds is 2. The van der Waals surface area contributed by atoms with Crippen molar-refractivity contribution >= 4 is 24.4 Å². The first-order valence-corrected chi connectivity index (χ1v) is 4.81. The fourth-order valence-electron chi connectivity index (χ4n) is 1.11. The summed E-state index contributed by atoms with van der Waals surface area (Å²) in [6.07, 6.45) is 5.27. The maximum Gasteiger partial charge on any atom is 0.214 e. The van der Waals surface area contributed by atoms with Crippen molar-refractivity contribution in [3.05, 3.63) is 40.3 Å². The summed E-state index contributed by atoms with van der Waals surface area (Å²) in [7, 11) is 0. The van der Waals surface area contributed by atoms with Crippen LogP contribution in [0.1, 0.15) is 17.1 Å². The summed E-state index contributed by atoms with van der Waals surface area (Å²) in [6, 6.07) is 3.69. The van der Waals surface area contributed by atoms with Gasteiger partial charge in [-0.15, -0.1) is 0 Å². The van der Waals surface area contributed by atoms with Crippen LogP contribution in [0.5, 0.6) is 0 Å². The van der Waals surface area contributed by atoms with E-state index >= 15 is 0 Å². The summed E-state index contributed by atoms with van der Waals surface area (Å²) in [5.74, 6) is 0.773. The van der Waals surface area contributed by atoms with Gasteiger partial charge in [0.25, 0.3) is 0 Å². The van der Waals surface area contributed by atoms with Crippen molar-refractivity contribution in [3.8, 4) is 0 Å². The Bertz CT molecular complexity index is 528. The van der Waals surface area contributed by atoms with Crippen molar-refractivity contribution < 1.29 is 4.42 Å². The average molecular weight is 219 g/mol. The molecule has 76 valence electrons. The van der Waals surface area contributed by atoms with Crippen molar-refractivity contribution in [1.82, 2.24) is 15.2 Å². The molecule has 5 heteroatoms. The van der Waals surface area contributed by atoms with Crippen LogP contribution in [0.3, 0.4) is 0 Å². The minimum Gasteiger partial charge on any atom is -0.465 e. The molecular weight excluding hydrogens is 210 g/mol. The van der Waals surface area contributed by atoms with E-state index < -0.39 is 0 Å². The average Bonchev–Trinajstić information content (AvgIpc) is 2.72. The molecule has 0 radical (unpaired) electrons. The largest absolute Gasteiger partial charge is 0.465 e. The molecule has 0 fully saturated rings. The molecule has 1 N–H and O–H groups in total. The Balaban J connectivity index is 2.31. The quantitative estimate of drug-likeness (QED) is 0.789. The molecular formula is C10H9N3OS. The van der Waals surface area contributed by atoms with E-state index in [4.69, 9.17) is 16.6 Å². The van der Waals surface area contributed by atoms with Gasteiger partial charge >= 0.3 is 0 Å². The predicted molar refractivity (Wildman–Crippen MR) is 59.6 cm³/mol. The van der Waals surface area contributed by atoms with Crippen LogP contribution in [0.4, 0.5) is 0 Å². The Morgan fingerprint density at radius 2 is 2.33 bits per heavy atom. The van der Waals surface area contributed by atoms with Crippen molar-refractivity contribution in [2.75, 3.05) is 0 Å². The van der Waals surface area contributed by atoms with E-state index in [2.05, 4.69) is 15.2 Å². The van der Waals surface area contributed by atoms with Gasteiger partial charge in [-0.2, -0.15) is 5.10 Å². The number of aromatic nitrogens is 3. The number of nitrogens with zero attached hydrogens (tertiary/aromatic N) is 2. The lowest BCUT2D eigenvalue weighted by Crippen LogP contribution is -1.94. The summed E-state index contributed by atoms with van der Waals surface area (Å²) in [4.78, 5) is 4.14. The van der Waals surface area contributed by atoms with Crippen molar-refractivity contribution in [2.24, 2.45) is 0 Å². The molecule has 0 aliphatic carbocycles. The Kier molecular flexibility index (Phi) is 2.73. The monoisotopic (exact) mass is 219 g/mol. The molecule has 0 aromatic carbocycles. The molecule has 0 saturated carbocycles. The van der Waals surface area contributed by atoms with Gasteiger partial charge in [0.05, 0.1) is 17.7 Å². The van der Waals surface area contributed by atoms with Gasteiger partial charge in [0.15, 0.2) is 0 Å². The Hall–Kier alpha value is -1.75. The minimum absolute atomic E-state index is 0.375. The standard InChI is InChI=1S/C10H9N3OS/c1-7-9(11-10(15)13-12-7)5-4-8-3-2-6-14-8/h2-6H,1H3,(H,11,13,15)/b5-4+. The first-order chi connectivity index (χ1) is 7.25. The topological polar surface area (TPSA) is 54.7 Å². The highest BCUT2D eigenvalue weighted by Crippen LogP contribution is 2.07. The van der Waals surface area contributed by atoms with Crippen LogP contribution in [0.25, 0.3) is 12.2 Å². The zero-order valence-electron chi connectivity index (χ0n) is 8.10. The maximum absolute atomic E-state index is 5.16. The lowest BCUT2D eigenvalue weighted by Gasteiger charge is -1.95. The molecule has 0 bridgehead atoms. The van der Waals surface area contributed by atoms with Gasteiger partial charge in [-0.25, -0.2) is 4.98 Å². The van der Waals surface area contributed by atoms with Gasteiger partial charge in [0, 0.05) is 0 Å². The molecule has 2 heterocycles. The Morgan fingerprint density at radius 3 is 3.07 bits per heavy atom. The van der Waals surface area contributed by atoms with Gasteiger partial charge in [-0.05, 0) is 43.4 Å². The highest BCUT2D eigenvalue weighted by atomic mass is 32.1. The summed E-state index contributed by atoms with van der Waals surface area (Å²) in [6.45, 7) is 1.86. The highest BCUT2D eigenvalue weighted by Gasteiger charge is 1.97. The number of aryl methyl sites for hydroxylation is 1. The fraction of sp³-hybridized carbons (Fsp3) is 0.100. The number of furan rings is 1. The van der Waals surface area contributed by atoms with E-state index in [0.29, 0.717) is 4.77 Å². The first kappa shape index (κ1) is 9.79. The number of aromatic amines is 1. The Labute approximate surface area is 91.7 Å². The lowest BCUT2D eigenvalue weighted by molar-refractivity contribution is 0.557. The van der Waals surface area contributed by atoms with Gasteiger partial charge in [0.1, 0.15) is 5.76 Å². The third-order valence-corrected chi connectivity index (χ3v) is 2.04. The molecule has 0 unspecified atom stereocenters. The van der Waals surface area contributed by atoms with Crippen LogP contribution >= 0.6 is 12.2 Å². The number of H-pyrrole nitrogens is 1. The first-order valence-electron chi connectivity index (χ1n) is 4.40. The van der Waals surface area contributed by atoms with Crippen molar-refractivity contribution in [3.63, 3.8) is 0 Å². The third-order valence-electron chi connectivity index (χ3n) is 1.86. The molecule has 2 rings (SSSR count). The van der Waals surface area contributed by atoms with E-state index in [1.165, 1.54) is 0 Å². The lowest BCUT2D eigenvalue weighted by atomic mass is 10.3. The SMILES string of the molecule is Cc1n[nH]c(=S)nc1/C=C/c1ccco1. The number of nitrogens with one attached hydrogen (secondary N) is 1. The molecule has 0 atom stereocenters. The maximum atomic E-state index is 5.16. The molecule has 15 heavy (non-hydrogen) atoms. The van der Waals surface area contributed by atoms with Crippen molar-refractivity contribution in [2.45, 2.75) is 6.92 Å². The van der Waals surface area contributed by atoms with Gasteiger partial charge < -0.3 is 4.42 Å². The normalized spacial score (nSPS) is 11.0. The second-order valence-corrected chi connectivity index (χ2v) is 3.35. The van der Waals surface area contributed by atoms with E-state index in [0.717, 1.165) is 17.1 Å². The molecule has 0 saturated heterocycles. The molecule has 2 aromatic heterocycles. The molecule has 0 aliphatic heterocycles. The zero-order chi connectivity index (χ0) is 10.7. The summed E-state index contributed by atoms with van der Waals surface area (Å²) < 4.78 is 5.53. The van der Waals surface area contributed by atoms with Crippen LogP contribution < -0.4 is 0 Å². The van der Waals surface area contributed by atoms with Crippen LogP contribution in [0.2, 0.25) is 0 Å². The van der Waals surface area contributed by atoms with Gasteiger partial charge in [-0.3, -0.25) is 5.10 Å². The second-order valence-electron chi connectivity index (χ2n) is 2.96. The summed E-state index contributed by atoms with van der Waals surface area (Å²) in [5, 5.41) is 6.63. The Morgan fingerprint density at radius 1 is 1.47 bits per heavy atom. The third kappa shape index (κ3) is 2.38. The number of hydrogen-bond acceptors (Lipinski definition) is 4. The van der Waals surface area contributed by atoms with Gasteiger partial charge in [-0.1, -0.05) is 0 Å². The van der Waals surface area contributed by atoms with Crippen LogP contribution in [0.15, 0.2) is 22.8 Å². The summed E-state index contributed by atoms with van der Waals surface area (Å²) >= 11 is 4.89. The minimum atomic E-state index is 0.375. The predicted octanol–water partition coefficient (Wildman–Crippen LogP) is 2.61. The highest BCUT2D eigenvalue weighted by molar-refractivity contribution is 7.71. The van der Waals surface area contributed by atoms with Crippen LogP contribution in [-0.4, -0.2) is 15.2 Å². The molecule has 2 aromatic rings. The smallest absolute Gasteiger partial charge is 0.214 e. The molecule has 0 amide bonds. The molecule has 0 spiro atoms. The van der Waals surface area contributed by atoms with Gasteiger partial charge in [0.2, 0.25) is 4.77 Å². The molecule has 0 aliphatic rings.